The molecule has 0 aliphatic rings. The van der Waals surface area contributed by atoms with E-state index in [1.165, 1.54) is 13.0 Å². The van der Waals surface area contributed by atoms with Crippen molar-refractivity contribution in [3.8, 4) is 22.4 Å². The number of aryl methyl sites for hydroxylation is 1. The van der Waals surface area contributed by atoms with E-state index in [4.69, 9.17) is 4.98 Å². The molecule has 0 aliphatic heterocycles. The third-order valence-electron chi connectivity index (χ3n) is 5.51. The van der Waals surface area contributed by atoms with Gasteiger partial charge in [0.25, 0.3) is 0 Å². The van der Waals surface area contributed by atoms with E-state index in [1.54, 1.807) is 41.7 Å². The number of nitrogens with zero attached hydrogens (tertiary/aromatic N) is 5. The summed E-state index contributed by atoms with van der Waals surface area (Å²) < 4.78 is 41.3. The van der Waals surface area contributed by atoms with Crippen molar-refractivity contribution in [2.75, 3.05) is 0 Å². The highest BCUT2D eigenvalue weighted by molar-refractivity contribution is 5.91. The van der Waals surface area contributed by atoms with Gasteiger partial charge in [0.05, 0.1) is 36.4 Å². The molecular formula is C22H18F3N7. The van der Waals surface area contributed by atoms with Crippen molar-refractivity contribution in [1.82, 2.24) is 34.9 Å². The van der Waals surface area contributed by atoms with Gasteiger partial charge in [-0.25, -0.2) is 9.97 Å². The lowest BCUT2D eigenvalue weighted by Crippen LogP contribution is -2.10. The van der Waals surface area contributed by atoms with Crippen LogP contribution >= 0.6 is 0 Å². The van der Waals surface area contributed by atoms with E-state index in [1.807, 2.05) is 6.92 Å². The molecule has 0 atom stereocenters. The number of hydrogen-bond donors (Lipinski definition) is 2. The fraction of sp³-hybridized carbons (Fsp3) is 0.182. The van der Waals surface area contributed by atoms with E-state index in [2.05, 4.69) is 25.3 Å². The van der Waals surface area contributed by atoms with Gasteiger partial charge in [-0.15, -0.1) is 0 Å². The molecule has 0 fully saturated rings. The molecular weight excluding hydrogens is 419 g/mol. The van der Waals surface area contributed by atoms with Crippen LogP contribution < -0.4 is 0 Å². The summed E-state index contributed by atoms with van der Waals surface area (Å²) in [5.41, 5.74) is 5.49. The molecule has 162 valence electrons. The number of halogens is 3. The van der Waals surface area contributed by atoms with Gasteiger partial charge < -0.3 is 4.98 Å². The Balaban J connectivity index is 1.49. The van der Waals surface area contributed by atoms with Crippen molar-refractivity contribution in [2.24, 2.45) is 0 Å². The van der Waals surface area contributed by atoms with Crippen LogP contribution in [0.3, 0.4) is 0 Å². The molecule has 0 bridgehead atoms. The topological polar surface area (TPSA) is 88.1 Å². The molecule has 10 heteroatoms. The maximum absolute atomic E-state index is 13.2. The molecule has 0 radical (unpaired) electrons. The van der Waals surface area contributed by atoms with E-state index >= 15 is 0 Å². The van der Waals surface area contributed by atoms with Gasteiger partial charge in [0, 0.05) is 34.8 Å². The maximum Gasteiger partial charge on any atom is 0.416 e. The highest BCUT2D eigenvalue weighted by Crippen LogP contribution is 2.33. The summed E-state index contributed by atoms with van der Waals surface area (Å²) in [6, 6.07) is 4.20. The first-order valence-electron chi connectivity index (χ1n) is 9.84. The molecule has 7 nitrogen and oxygen atoms in total. The first-order chi connectivity index (χ1) is 15.3. The van der Waals surface area contributed by atoms with Gasteiger partial charge in [-0.1, -0.05) is 12.1 Å². The quantitative estimate of drug-likeness (QED) is 0.419. The molecule has 5 aromatic rings. The number of nitrogens with one attached hydrogen (secondary N) is 2. The fourth-order valence-corrected chi connectivity index (χ4v) is 3.78. The second-order valence-corrected chi connectivity index (χ2v) is 7.58. The average molecular weight is 437 g/mol. The minimum Gasteiger partial charge on any atom is -0.344 e. The predicted octanol–water partition coefficient (Wildman–Crippen LogP) is 4.90. The number of alkyl halides is 3. The lowest BCUT2D eigenvalue weighted by molar-refractivity contribution is -0.138. The lowest BCUT2D eigenvalue weighted by Gasteiger charge is -2.13. The Bertz CT molecular complexity index is 1430. The number of hydrogen-bond acceptors (Lipinski definition) is 4. The molecule has 1 aromatic carbocycles. The average Bonchev–Trinajstić information content (AvgIpc) is 3.47. The zero-order valence-corrected chi connectivity index (χ0v) is 17.2. The Hall–Kier alpha value is -3.95. The predicted molar refractivity (Wildman–Crippen MR) is 113 cm³/mol. The van der Waals surface area contributed by atoms with E-state index < -0.39 is 11.7 Å². The van der Waals surface area contributed by atoms with E-state index in [0.717, 1.165) is 28.5 Å². The van der Waals surface area contributed by atoms with Crippen LogP contribution in [0, 0.1) is 13.8 Å². The number of aromatic amines is 2. The van der Waals surface area contributed by atoms with Crippen molar-refractivity contribution in [3.05, 3.63) is 71.6 Å². The van der Waals surface area contributed by atoms with Gasteiger partial charge in [-0.3, -0.25) is 9.78 Å². The molecule has 32 heavy (non-hydrogen) atoms. The van der Waals surface area contributed by atoms with Crippen LogP contribution in [0.4, 0.5) is 13.2 Å². The second kappa shape index (κ2) is 7.33. The van der Waals surface area contributed by atoms with Gasteiger partial charge in [0.2, 0.25) is 0 Å². The van der Waals surface area contributed by atoms with Crippen LogP contribution in [0.25, 0.3) is 33.5 Å². The summed E-state index contributed by atoms with van der Waals surface area (Å²) in [6.07, 6.45) is 4.26. The van der Waals surface area contributed by atoms with Gasteiger partial charge in [-0.05, 0) is 31.0 Å². The largest absolute Gasteiger partial charge is 0.416 e. The van der Waals surface area contributed by atoms with Crippen LogP contribution in [0.1, 0.15) is 22.4 Å². The van der Waals surface area contributed by atoms with Crippen LogP contribution in [-0.2, 0) is 12.7 Å². The van der Waals surface area contributed by atoms with Crippen LogP contribution in [0.5, 0.6) is 0 Å². The summed E-state index contributed by atoms with van der Waals surface area (Å²) >= 11 is 0. The molecule has 2 N–H and O–H groups in total. The van der Waals surface area contributed by atoms with Gasteiger partial charge in [0.1, 0.15) is 5.52 Å². The molecule has 0 aliphatic carbocycles. The first kappa shape index (κ1) is 20.0. The minimum atomic E-state index is -4.39. The standard InChI is InChI=1S/C22H18F3N7/c1-12-14(4-3-5-18(12)22(23,24)25)10-32-11-15(6-29-32)17-7-26-21-20(17)30-19(9-27-21)16-8-28-31-13(16)2/h3-9,11H,10H2,1-2H3,(H,26,27)(H,28,31). The Labute approximate surface area is 180 Å². The van der Waals surface area contributed by atoms with Crippen molar-refractivity contribution >= 4 is 11.2 Å². The Kier molecular flexibility index (Phi) is 4.58. The Morgan fingerprint density at radius 3 is 2.66 bits per heavy atom. The molecule has 0 unspecified atom stereocenters. The zero-order chi connectivity index (χ0) is 22.5. The third kappa shape index (κ3) is 3.43. The van der Waals surface area contributed by atoms with Crippen LogP contribution in [-0.4, -0.2) is 34.9 Å². The van der Waals surface area contributed by atoms with E-state index in [-0.39, 0.29) is 12.1 Å². The summed E-state index contributed by atoms with van der Waals surface area (Å²) in [7, 11) is 0. The highest BCUT2D eigenvalue weighted by atomic mass is 19.4. The monoisotopic (exact) mass is 437 g/mol. The van der Waals surface area contributed by atoms with Crippen molar-refractivity contribution in [3.63, 3.8) is 0 Å². The maximum atomic E-state index is 13.2. The smallest absolute Gasteiger partial charge is 0.344 e. The van der Waals surface area contributed by atoms with E-state index in [0.29, 0.717) is 22.4 Å². The minimum absolute atomic E-state index is 0.204. The second-order valence-electron chi connectivity index (χ2n) is 7.58. The summed E-state index contributed by atoms with van der Waals surface area (Å²) in [4.78, 5) is 12.3. The Morgan fingerprint density at radius 1 is 1.06 bits per heavy atom. The molecule has 4 aromatic heterocycles. The number of fused-ring (bicyclic) bond motifs is 1. The number of rotatable bonds is 4. The summed E-state index contributed by atoms with van der Waals surface area (Å²) in [6.45, 7) is 3.62. The molecule has 4 heterocycles. The van der Waals surface area contributed by atoms with Crippen LogP contribution in [0.15, 0.2) is 49.2 Å². The van der Waals surface area contributed by atoms with Gasteiger partial charge in [0.15, 0.2) is 5.65 Å². The van der Waals surface area contributed by atoms with Crippen molar-refractivity contribution in [2.45, 2.75) is 26.6 Å². The number of benzene rings is 1. The number of H-pyrrole nitrogens is 2. The van der Waals surface area contributed by atoms with E-state index in [9.17, 15) is 13.2 Å². The summed E-state index contributed by atoms with van der Waals surface area (Å²) in [5.74, 6) is 0. The van der Waals surface area contributed by atoms with Crippen molar-refractivity contribution < 1.29 is 13.2 Å². The third-order valence-corrected chi connectivity index (χ3v) is 5.51. The summed E-state index contributed by atoms with van der Waals surface area (Å²) in [5, 5.41) is 11.3. The Morgan fingerprint density at radius 2 is 1.91 bits per heavy atom. The molecule has 0 saturated heterocycles. The highest BCUT2D eigenvalue weighted by Gasteiger charge is 2.32. The first-order valence-corrected chi connectivity index (χ1v) is 9.84. The normalized spacial score (nSPS) is 12.0. The fourth-order valence-electron chi connectivity index (χ4n) is 3.78. The molecule has 5 rings (SSSR count). The number of aromatic nitrogens is 7. The van der Waals surface area contributed by atoms with Gasteiger partial charge in [-0.2, -0.15) is 23.4 Å². The molecule has 0 saturated carbocycles. The lowest BCUT2D eigenvalue weighted by atomic mass is 10.0. The molecule has 0 amide bonds. The zero-order valence-electron chi connectivity index (χ0n) is 17.2. The van der Waals surface area contributed by atoms with Crippen molar-refractivity contribution in [1.29, 1.82) is 0 Å². The molecule has 0 spiro atoms. The van der Waals surface area contributed by atoms with Crippen LogP contribution in [0.2, 0.25) is 0 Å². The SMILES string of the molecule is Cc1[nH]ncc1-c1cnc2[nH]cc(-c3cnn(Cc4cccc(C(F)(F)F)c4C)c3)c2n1. The van der Waals surface area contributed by atoms with Gasteiger partial charge >= 0.3 is 6.18 Å².